The zero-order valence-electron chi connectivity index (χ0n) is 11.4. The van der Waals surface area contributed by atoms with Gasteiger partial charge in [-0.2, -0.15) is 0 Å². The van der Waals surface area contributed by atoms with E-state index in [0.29, 0.717) is 12.5 Å². The van der Waals surface area contributed by atoms with Crippen molar-refractivity contribution in [2.75, 3.05) is 31.6 Å². The van der Waals surface area contributed by atoms with Crippen molar-refractivity contribution in [1.82, 2.24) is 5.32 Å². The Kier molecular flexibility index (Phi) is 5.36. The van der Waals surface area contributed by atoms with E-state index in [9.17, 15) is 4.79 Å². The maximum atomic E-state index is 11.7. The van der Waals surface area contributed by atoms with Crippen LogP contribution >= 0.6 is 0 Å². The smallest absolute Gasteiger partial charge is 0.250 e. The molecule has 0 bridgehead atoms. The fourth-order valence-corrected chi connectivity index (χ4v) is 2.28. The molecule has 1 amide bonds. The third kappa shape index (κ3) is 4.65. The quantitative estimate of drug-likeness (QED) is 0.770. The van der Waals surface area contributed by atoms with E-state index in [0.717, 1.165) is 30.8 Å². The van der Waals surface area contributed by atoms with Crippen molar-refractivity contribution >= 4 is 11.6 Å². The lowest BCUT2D eigenvalue weighted by Gasteiger charge is -2.10. The average Bonchev–Trinajstić information content (AvgIpc) is 2.91. The molecule has 4 heteroatoms. The van der Waals surface area contributed by atoms with Crippen LogP contribution in [-0.2, 0) is 9.53 Å². The van der Waals surface area contributed by atoms with Gasteiger partial charge in [-0.15, -0.1) is 0 Å². The molecule has 1 aromatic carbocycles. The van der Waals surface area contributed by atoms with Crippen LogP contribution in [0.1, 0.15) is 18.4 Å². The summed E-state index contributed by atoms with van der Waals surface area (Å²) in [5.74, 6) is 0.623. The molecule has 104 valence electrons. The molecule has 1 fully saturated rings. The lowest BCUT2D eigenvalue weighted by atomic mass is 10.1. The first-order chi connectivity index (χ1) is 9.25. The van der Waals surface area contributed by atoms with Crippen LogP contribution in [-0.4, -0.2) is 32.2 Å². The summed E-state index contributed by atoms with van der Waals surface area (Å²) in [6.45, 7) is 4.96. The SMILES string of the molecule is Cc1ccccc1NC(=O)COCCC1CCNC1. The molecule has 0 aromatic heterocycles. The second-order valence-corrected chi connectivity index (χ2v) is 5.06. The molecule has 1 aromatic rings. The summed E-state index contributed by atoms with van der Waals surface area (Å²) >= 11 is 0. The van der Waals surface area contributed by atoms with E-state index >= 15 is 0 Å². The highest BCUT2D eigenvalue weighted by molar-refractivity contribution is 5.92. The number of anilines is 1. The van der Waals surface area contributed by atoms with Crippen molar-refractivity contribution < 1.29 is 9.53 Å². The maximum Gasteiger partial charge on any atom is 0.250 e. The number of aryl methyl sites for hydroxylation is 1. The molecule has 1 atom stereocenters. The number of nitrogens with one attached hydrogen (secondary N) is 2. The van der Waals surface area contributed by atoms with Crippen LogP contribution in [0, 0.1) is 12.8 Å². The number of carbonyl (C=O) groups excluding carboxylic acids is 1. The van der Waals surface area contributed by atoms with Crippen LogP contribution < -0.4 is 10.6 Å². The Bertz CT molecular complexity index is 414. The molecule has 1 aliphatic heterocycles. The van der Waals surface area contributed by atoms with Crippen molar-refractivity contribution in [2.45, 2.75) is 19.8 Å². The van der Waals surface area contributed by atoms with E-state index in [2.05, 4.69) is 10.6 Å². The Hall–Kier alpha value is -1.39. The van der Waals surface area contributed by atoms with E-state index < -0.39 is 0 Å². The van der Waals surface area contributed by atoms with E-state index in [1.807, 2.05) is 31.2 Å². The Morgan fingerprint density at radius 2 is 2.32 bits per heavy atom. The van der Waals surface area contributed by atoms with Crippen molar-refractivity contribution in [2.24, 2.45) is 5.92 Å². The van der Waals surface area contributed by atoms with Gasteiger partial charge in [-0.25, -0.2) is 0 Å². The summed E-state index contributed by atoms with van der Waals surface area (Å²) in [4.78, 5) is 11.7. The van der Waals surface area contributed by atoms with Crippen molar-refractivity contribution in [3.8, 4) is 0 Å². The molecular formula is C15H22N2O2. The van der Waals surface area contributed by atoms with Gasteiger partial charge in [0.25, 0.3) is 0 Å². The van der Waals surface area contributed by atoms with Gasteiger partial charge in [0.05, 0.1) is 0 Å². The van der Waals surface area contributed by atoms with Gasteiger partial charge in [0.15, 0.2) is 0 Å². The predicted octanol–water partition coefficient (Wildman–Crippen LogP) is 1.95. The van der Waals surface area contributed by atoms with Crippen LogP contribution in [0.25, 0.3) is 0 Å². The number of carbonyl (C=O) groups is 1. The molecule has 4 nitrogen and oxygen atoms in total. The van der Waals surface area contributed by atoms with Crippen LogP contribution in [0.15, 0.2) is 24.3 Å². The minimum atomic E-state index is -0.0844. The monoisotopic (exact) mass is 262 g/mol. The first-order valence-electron chi connectivity index (χ1n) is 6.89. The van der Waals surface area contributed by atoms with Gasteiger partial charge in [-0.1, -0.05) is 18.2 Å². The lowest BCUT2D eigenvalue weighted by molar-refractivity contribution is -0.120. The van der Waals surface area contributed by atoms with Crippen LogP contribution in [0.3, 0.4) is 0 Å². The first-order valence-corrected chi connectivity index (χ1v) is 6.89. The molecular weight excluding hydrogens is 240 g/mol. The highest BCUT2D eigenvalue weighted by Gasteiger charge is 2.14. The highest BCUT2D eigenvalue weighted by atomic mass is 16.5. The maximum absolute atomic E-state index is 11.7. The number of benzene rings is 1. The Labute approximate surface area is 114 Å². The van der Waals surface area contributed by atoms with E-state index in [4.69, 9.17) is 4.74 Å². The molecule has 1 saturated heterocycles. The summed E-state index contributed by atoms with van der Waals surface area (Å²) < 4.78 is 5.43. The fourth-order valence-electron chi connectivity index (χ4n) is 2.28. The minimum Gasteiger partial charge on any atom is -0.372 e. The zero-order valence-corrected chi connectivity index (χ0v) is 11.4. The number of amides is 1. The van der Waals surface area contributed by atoms with Gasteiger partial charge < -0.3 is 15.4 Å². The molecule has 19 heavy (non-hydrogen) atoms. The fraction of sp³-hybridized carbons (Fsp3) is 0.533. The molecule has 1 aliphatic rings. The molecule has 1 heterocycles. The normalized spacial score (nSPS) is 18.5. The number of hydrogen-bond donors (Lipinski definition) is 2. The Morgan fingerprint density at radius 1 is 1.47 bits per heavy atom. The molecule has 0 aliphatic carbocycles. The number of ether oxygens (including phenoxy) is 1. The largest absolute Gasteiger partial charge is 0.372 e. The Morgan fingerprint density at radius 3 is 3.05 bits per heavy atom. The standard InChI is InChI=1S/C15H22N2O2/c1-12-4-2-3-5-14(12)17-15(18)11-19-9-7-13-6-8-16-10-13/h2-5,13,16H,6-11H2,1H3,(H,17,18). The van der Waals surface area contributed by atoms with Crippen molar-refractivity contribution in [1.29, 1.82) is 0 Å². The summed E-state index contributed by atoms with van der Waals surface area (Å²) in [6, 6.07) is 7.74. The molecule has 0 radical (unpaired) electrons. The third-order valence-electron chi connectivity index (χ3n) is 3.49. The molecule has 2 rings (SSSR count). The van der Waals surface area contributed by atoms with E-state index in [-0.39, 0.29) is 12.5 Å². The molecule has 1 unspecified atom stereocenters. The van der Waals surface area contributed by atoms with Gasteiger partial charge in [0.2, 0.25) is 5.91 Å². The molecule has 0 spiro atoms. The minimum absolute atomic E-state index is 0.0844. The highest BCUT2D eigenvalue weighted by Crippen LogP contribution is 2.13. The average molecular weight is 262 g/mol. The predicted molar refractivity (Wildman–Crippen MR) is 76.2 cm³/mol. The van der Waals surface area contributed by atoms with E-state index in [1.165, 1.54) is 6.42 Å². The second kappa shape index (κ2) is 7.26. The van der Waals surface area contributed by atoms with Gasteiger partial charge >= 0.3 is 0 Å². The number of para-hydroxylation sites is 1. The van der Waals surface area contributed by atoms with Gasteiger partial charge in [-0.05, 0) is 50.4 Å². The molecule has 2 N–H and O–H groups in total. The second-order valence-electron chi connectivity index (χ2n) is 5.06. The van der Waals surface area contributed by atoms with Gasteiger partial charge in [0, 0.05) is 12.3 Å². The number of hydrogen-bond acceptors (Lipinski definition) is 3. The van der Waals surface area contributed by atoms with Gasteiger partial charge in [0.1, 0.15) is 6.61 Å². The third-order valence-corrected chi connectivity index (χ3v) is 3.49. The summed E-state index contributed by atoms with van der Waals surface area (Å²) in [7, 11) is 0. The lowest BCUT2D eigenvalue weighted by Crippen LogP contribution is -2.20. The first kappa shape index (κ1) is 14.0. The number of rotatable bonds is 6. The summed E-state index contributed by atoms with van der Waals surface area (Å²) in [5.41, 5.74) is 1.92. The van der Waals surface area contributed by atoms with E-state index in [1.54, 1.807) is 0 Å². The van der Waals surface area contributed by atoms with Crippen LogP contribution in [0.5, 0.6) is 0 Å². The topological polar surface area (TPSA) is 50.4 Å². The Balaban J connectivity index is 1.63. The van der Waals surface area contributed by atoms with Gasteiger partial charge in [-0.3, -0.25) is 4.79 Å². The van der Waals surface area contributed by atoms with Crippen molar-refractivity contribution in [3.63, 3.8) is 0 Å². The summed E-state index contributed by atoms with van der Waals surface area (Å²) in [5, 5.41) is 6.19. The van der Waals surface area contributed by atoms with Crippen LogP contribution in [0.4, 0.5) is 5.69 Å². The molecule has 0 saturated carbocycles. The zero-order chi connectivity index (χ0) is 13.5. The summed E-state index contributed by atoms with van der Waals surface area (Å²) in [6.07, 6.45) is 2.25. The van der Waals surface area contributed by atoms with Crippen LogP contribution in [0.2, 0.25) is 0 Å². The van der Waals surface area contributed by atoms with Crippen molar-refractivity contribution in [3.05, 3.63) is 29.8 Å².